The molecule has 0 atom stereocenters. The van der Waals surface area contributed by atoms with E-state index < -0.39 is 0 Å². The normalized spacial score (nSPS) is 10.9. The number of carbonyl (C=O) groups excluding carboxylic acids is 1. The number of benzene rings is 1. The first kappa shape index (κ1) is 15.3. The molecule has 1 amide bonds. The molecule has 5 heteroatoms. The fourth-order valence-corrected chi connectivity index (χ4v) is 3.09. The van der Waals surface area contributed by atoms with Gasteiger partial charge in [-0.15, -0.1) is 11.3 Å². The third-order valence-electron chi connectivity index (χ3n) is 2.69. The fourth-order valence-electron chi connectivity index (χ4n) is 1.64. The van der Waals surface area contributed by atoms with Crippen LogP contribution in [-0.4, -0.2) is 17.9 Å². The smallest absolute Gasteiger partial charge is 0.246 e. The lowest BCUT2D eigenvalue weighted by molar-refractivity contribution is -0.125. The van der Waals surface area contributed by atoms with Gasteiger partial charge in [-0.3, -0.25) is 4.79 Å². The van der Waals surface area contributed by atoms with Crippen LogP contribution in [0.1, 0.15) is 10.4 Å². The molecule has 104 valence electrons. The summed E-state index contributed by atoms with van der Waals surface area (Å²) >= 11 is 10.8. The Morgan fingerprint density at radius 2 is 2.00 bits per heavy atom. The Kier molecular flexibility index (Phi) is 5.40. The van der Waals surface area contributed by atoms with Crippen LogP contribution in [-0.2, 0) is 11.3 Å². The summed E-state index contributed by atoms with van der Waals surface area (Å²) in [7, 11) is 1.78. The van der Waals surface area contributed by atoms with Gasteiger partial charge in [-0.2, -0.15) is 0 Å². The highest BCUT2D eigenvalue weighted by atomic mass is 79.9. The molecule has 0 saturated carbocycles. The fraction of sp³-hybridized carbons (Fsp3) is 0.133. The van der Waals surface area contributed by atoms with Gasteiger partial charge in [0, 0.05) is 29.6 Å². The van der Waals surface area contributed by atoms with Crippen LogP contribution < -0.4 is 0 Å². The number of carbonyl (C=O) groups is 1. The molecule has 2 rings (SSSR count). The minimum absolute atomic E-state index is 0.0236. The highest BCUT2D eigenvalue weighted by Crippen LogP contribution is 2.23. The van der Waals surface area contributed by atoms with E-state index >= 15 is 0 Å². The Labute approximate surface area is 135 Å². The predicted octanol–water partition coefficient (Wildman–Crippen LogP) is 4.84. The quantitative estimate of drug-likeness (QED) is 0.705. The molecule has 20 heavy (non-hydrogen) atoms. The Bertz CT molecular complexity index is 621. The van der Waals surface area contributed by atoms with Gasteiger partial charge in [0.15, 0.2) is 0 Å². The minimum Gasteiger partial charge on any atom is -0.338 e. The number of nitrogens with zero attached hydrogens (tertiary/aromatic N) is 1. The van der Waals surface area contributed by atoms with Crippen LogP contribution in [0.25, 0.3) is 6.08 Å². The summed E-state index contributed by atoms with van der Waals surface area (Å²) in [4.78, 5) is 14.7. The number of thiophene rings is 1. The van der Waals surface area contributed by atoms with E-state index in [-0.39, 0.29) is 5.91 Å². The zero-order valence-electron chi connectivity index (χ0n) is 10.8. The lowest BCUT2D eigenvalue weighted by Gasteiger charge is -2.15. The SMILES string of the molecule is CN(Cc1ccc(Cl)cc1)C(=O)/C=C/c1ccc(Br)s1. The summed E-state index contributed by atoms with van der Waals surface area (Å²) in [5, 5.41) is 0.700. The lowest BCUT2D eigenvalue weighted by atomic mass is 10.2. The van der Waals surface area contributed by atoms with Crippen molar-refractivity contribution in [2.24, 2.45) is 0 Å². The molecule has 0 spiro atoms. The predicted molar refractivity (Wildman–Crippen MR) is 89.0 cm³/mol. The molecule has 2 nitrogen and oxygen atoms in total. The van der Waals surface area contributed by atoms with Crippen molar-refractivity contribution in [2.45, 2.75) is 6.54 Å². The highest BCUT2D eigenvalue weighted by molar-refractivity contribution is 9.11. The maximum absolute atomic E-state index is 12.0. The Morgan fingerprint density at radius 3 is 2.60 bits per heavy atom. The molecule has 0 saturated heterocycles. The van der Waals surface area contributed by atoms with Gasteiger partial charge >= 0.3 is 0 Å². The van der Waals surface area contributed by atoms with Gasteiger partial charge in [0.05, 0.1) is 3.79 Å². The lowest BCUT2D eigenvalue weighted by Crippen LogP contribution is -2.23. The summed E-state index contributed by atoms with van der Waals surface area (Å²) in [6, 6.07) is 11.4. The first-order valence-electron chi connectivity index (χ1n) is 5.97. The second-order valence-corrected chi connectivity index (χ2v) is 7.23. The Morgan fingerprint density at radius 1 is 1.30 bits per heavy atom. The van der Waals surface area contributed by atoms with Crippen LogP contribution in [0.4, 0.5) is 0 Å². The van der Waals surface area contributed by atoms with Gasteiger partial charge in [0.2, 0.25) is 5.91 Å². The molecule has 0 unspecified atom stereocenters. The molecule has 2 aromatic rings. The number of hydrogen-bond donors (Lipinski definition) is 0. The van der Waals surface area contributed by atoms with Crippen LogP contribution in [0.5, 0.6) is 0 Å². The molecular weight excluding hydrogens is 358 g/mol. The van der Waals surface area contributed by atoms with Crippen molar-refractivity contribution >= 4 is 50.9 Å². The van der Waals surface area contributed by atoms with E-state index in [0.29, 0.717) is 11.6 Å². The van der Waals surface area contributed by atoms with E-state index in [1.54, 1.807) is 29.4 Å². The number of halogens is 2. The van der Waals surface area contributed by atoms with Crippen molar-refractivity contribution in [1.29, 1.82) is 0 Å². The van der Waals surface area contributed by atoms with E-state index in [0.717, 1.165) is 14.2 Å². The molecule has 0 aliphatic carbocycles. The Balaban J connectivity index is 1.95. The van der Waals surface area contributed by atoms with Gasteiger partial charge in [-0.1, -0.05) is 23.7 Å². The van der Waals surface area contributed by atoms with E-state index in [9.17, 15) is 4.79 Å². The number of hydrogen-bond acceptors (Lipinski definition) is 2. The topological polar surface area (TPSA) is 20.3 Å². The van der Waals surface area contributed by atoms with Gasteiger partial charge in [-0.05, 0) is 51.8 Å². The van der Waals surface area contributed by atoms with Crippen LogP contribution in [0.2, 0.25) is 5.02 Å². The second-order valence-electron chi connectivity index (χ2n) is 4.30. The highest BCUT2D eigenvalue weighted by Gasteiger charge is 2.06. The summed E-state index contributed by atoms with van der Waals surface area (Å²) in [5.74, 6) is -0.0236. The first-order chi connectivity index (χ1) is 9.54. The molecule has 0 fully saturated rings. The summed E-state index contributed by atoms with van der Waals surface area (Å²) in [6.45, 7) is 0.564. The van der Waals surface area contributed by atoms with Crippen molar-refractivity contribution in [1.82, 2.24) is 4.90 Å². The van der Waals surface area contributed by atoms with Crippen molar-refractivity contribution < 1.29 is 4.79 Å². The third-order valence-corrected chi connectivity index (χ3v) is 4.53. The molecular formula is C15H13BrClNOS. The van der Waals surface area contributed by atoms with Crippen LogP contribution in [0.3, 0.4) is 0 Å². The average Bonchev–Trinajstić information content (AvgIpc) is 2.84. The molecule has 1 heterocycles. The van der Waals surface area contributed by atoms with E-state index in [1.807, 2.05) is 42.5 Å². The van der Waals surface area contributed by atoms with Crippen LogP contribution >= 0.6 is 38.9 Å². The van der Waals surface area contributed by atoms with Crippen LogP contribution in [0, 0.1) is 0 Å². The average molecular weight is 371 g/mol. The molecule has 0 bridgehead atoms. The number of amides is 1. The van der Waals surface area contributed by atoms with E-state index in [1.165, 1.54) is 0 Å². The minimum atomic E-state index is -0.0236. The van der Waals surface area contributed by atoms with E-state index in [4.69, 9.17) is 11.6 Å². The van der Waals surface area contributed by atoms with E-state index in [2.05, 4.69) is 15.9 Å². The standard InChI is InChI=1S/C15H13BrClNOS/c1-18(10-11-2-4-12(17)5-3-11)15(19)9-7-13-6-8-14(16)20-13/h2-9H,10H2,1H3/b9-7+. The van der Waals surface area contributed by atoms with Gasteiger partial charge in [0.25, 0.3) is 0 Å². The monoisotopic (exact) mass is 369 g/mol. The number of likely N-dealkylation sites (N-methyl/N-ethyl adjacent to an activating group) is 1. The summed E-state index contributed by atoms with van der Waals surface area (Å²) < 4.78 is 1.05. The van der Waals surface area contributed by atoms with Crippen molar-refractivity contribution in [3.8, 4) is 0 Å². The molecule has 1 aromatic carbocycles. The number of rotatable bonds is 4. The molecule has 0 radical (unpaired) electrons. The summed E-state index contributed by atoms with van der Waals surface area (Å²) in [5.41, 5.74) is 1.05. The van der Waals surface area contributed by atoms with Gasteiger partial charge < -0.3 is 4.90 Å². The Hall–Kier alpha value is -1.10. The zero-order chi connectivity index (χ0) is 14.5. The van der Waals surface area contributed by atoms with Gasteiger partial charge in [-0.25, -0.2) is 0 Å². The molecule has 0 N–H and O–H groups in total. The molecule has 1 aromatic heterocycles. The summed E-state index contributed by atoms with van der Waals surface area (Å²) in [6.07, 6.45) is 3.42. The van der Waals surface area contributed by atoms with Crippen molar-refractivity contribution in [2.75, 3.05) is 7.05 Å². The third kappa shape index (κ3) is 4.47. The molecule has 0 aliphatic heterocycles. The van der Waals surface area contributed by atoms with Gasteiger partial charge in [0.1, 0.15) is 0 Å². The second kappa shape index (κ2) is 7.07. The zero-order valence-corrected chi connectivity index (χ0v) is 14.0. The van der Waals surface area contributed by atoms with Crippen LogP contribution in [0.15, 0.2) is 46.3 Å². The largest absolute Gasteiger partial charge is 0.338 e. The van der Waals surface area contributed by atoms with Crippen molar-refractivity contribution in [3.05, 3.63) is 61.7 Å². The maximum Gasteiger partial charge on any atom is 0.246 e. The molecule has 0 aliphatic rings. The first-order valence-corrected chi connectivity index (χ1v) is 7.96. The van der Waals surface area contributed by atoms with Crippen molar-refractivity contribution in [3.63, 3.8) is 0 Å². The maximum atomic E-state index is 12.0.